The highest BCUT2D eigenvalue weighted by Crippen LogP contribution is 2.30. The Bertz CT molecular complexity index is 558. The van der Waals surface area contributed by atoms with Crippen LogP contribution < -0.4 is 15.0 Å². The molecule has 1 aromatic rings. The van der Waals surface area contributed by atoms with Gasteiger partial charge in [0.05, 0.1) is 12.8 Å². The van der Waals surface area contributed by atoms with Crippen LogP contribution in [0.3, 0.4) is 0 Å². The number of hydrogen-bond acceptors (Lipinski definition) is 3. The van der Waals surface area contributed by atoms with Gasteiger partial charge in [0.1, 0.15) is 5.75 Å². The summed E-state index contributed by atoms with van der Waals surface area (Å²) in [5.74, 6) is 2.82. The molecule has 0 spiro atoms. The third-order valence-electron chi connectivity index (χ3n) is 4.74. The number of piperazine rings is 1. The van der Waals surface area contributed by atoms with Gasteiger partial charge in [0.2, 0.25) is 0 Å². The van der Waals surface area contributed by atoms with Gasteiger partial charge in [-0.1, -0.05) is 19.1 Å². The second-order valence-electron chi connectivity index (χ2n) is 6.41. The van der Waals surface area contributed by atoms with Crippen molar-refractivity contribution in [2.75, 3.05) is 44.7 Å². The number of anilines is 1. The highest BCUT2D eigenvalue weighted by atomic mass is 127. The Kier molecular flexibility index (Phi) is 7.01. The Morgan fingerprint density at radius 1 is 1.25 bits per heavy atom. The molecule has 0 amide bonds. The lowest BCUT2D eigenvalue weighted by atomic mass is 10.2. The molecule has 5 nitrogen and oxygen atoms in total. The fourth-order valence-electron chi connectivity index (χ4n) is 3.13. The van der Waals surface area contributed by atoms with E-state index in [1.165, 1.54) is 12.1 Å². The van der Waals surface area contributed by atoms with E-state index in [4.69, 9.17) is 4.74 Å². The molecule has 2 fully saturated rings. The van der Waals surface area contributed by atoms with Gasteiger partial charge in [-0.25, -0.2) is 0 Å². The number of aliphatic imine (C=N–C) groups is 1. The molecule has 6 heteroatoms. The molecule has 1 aromatic carbocycles. The highest BCUT2D eigenvalue weighted by Gasteiger charge is 2.34. The predicted octanol–water partition coefficient (Wildman–Crippen LogP) is 2.81. The van der Waals surface area contributed by atoms with Crippen molar-refractivity contribution in [3.63, 3.8) is 0 Å². The summed E-state index contributed by atoms with van der Waals surface area (Å²) in [5, 5.41) is 3.62. The summed E-state index contributed by atoms with van der Waals surface area (Å²) in [6.45, 7) is 9.19. The molecule has 0 aromatic heterocycles. The molecule has 0 radical (unpaired) electrons. The molecule has 1 aliphatic carbocycles. The summed E-state index contributed by atoms with van der Waals surface area (Å²) >= 11 is 0. The number of para-hydroxylation sites is 2. The van der Waals surface area contributed by atoms with Crippen LogP contribution in [-0.4, -0.2) is 56.7 Å². The van der Waals surface area contributed by atoms with E-state index in [1.807, 2.05) is 12.1 Å². The van der Waals surface area contributed by atoms with Crippen LogP contribution in [0.1, 0.15) is 20.3 Å². The number of ether oxygens (including phenoxy) is 1. The van der Waals surface area contributed by atoms with Gasteiger partial charge in [0.25, 0.3) is 0 Å². The zero-order valence-electron chi connectivity index (χ0n) is 14.9. The standard InChI is InChI=1S/C18H28N4O.HI/c1-4-19-18(20-15-13-14(15)2)22-11-9-21(10-12-22)16-7-5-6-8-17(16)23-3;/h5-8,14-15H,4,9-13H2,1-3H3,(H,19,20);1H. The Labute approximate surface area is 162 Å². The smallest absolute Gasteiger partial charge is 0.194 e. The average molecular weight is 444 g/mol. The fraction of sp³-hybridized carbons (Fsp3) is 0.611. The van der Waals surface area contributed by atoms with Gasteiger partial charge in [-0.2, -0.15) is 0 Å². The first-order chi connectivity index (χ1) is 11.2. The highest BCUT2D eigenvalue weighted by molar-refractivity contribution is 14.0. The summed E-state index contributed by atoms with van der Waals surface area (Å²) in [6.07, 6.45) is 1.27. The van der Waals surface area contributed by atoms with Gasteiger partial charge in [0.15, 0.2) is 5.96 Å². The van der Waals surface area contributed by atoms with Crippen molar-refractivity contribution in [1.29, 1.82) is 0 Å². The molecule has 134 valence electrons. The molecule has 1 aliphatic heterocycles. The minimum absolute atomic E-state index is 0. The summed E-state index contributed by atoms with van der Waals surface area (Å²) in [7, 11) is 1.74. The number of hydrogen-bond donors (Lipinski definition) is 1. The minimum Gasteiger partial charge on any atom is -0.495 e. The maximum Gasteiger partial charge on any atom is 0.194 e. The maximum atomic E-state index is 5.49. The third-order valence-corrected chi connectivity index (χ3v) is 4.74. The Morgan fingerprint density at radius 3 is 2.50 bits per heavy atom. The minimum atomic E-state index is 0. The topological polar surface area (TPSA) is 40.1 Å². The molecule has 2 atom stereocenters. The summed E-state index contributed by atoms with van der Waals surface area (Å²) in [6, 6.07) is 8.88. The molecular weight excluding hydrogens is 415 g/mol. The Morgan fingerprint density at radius 2 is 1.92 bits per heavy atom. The number of rotatable bonds is 4. The zero-order valence-corrected chi connectivity index (χ0v) is 17.2. The van der Waals surface area contributed by atoms with E-state index in [9.17, 15) is 0 Å². The molecule has 2 aliphatic rings. The van der Waals surface area contributed by atoms with E-state index >= 15 is 0 Å². The van der Waals surface area contributed by atoms with Crippen molar-refractivity contribution in [2.45, 2.75) is 26.3 Å². The van der Waals surface area contributed by atoms with E-state index < -0.39 is 0 Å². The molecule has 1 saturated heterocycles. The number of nitrogens with one attached hydrogen (secondary N) is 1. The first-order valence-corrected chi connectivity index (χ1v) is 8.66. The van der Waals surface area contributed by atoms with Crippen LogP contribution in [0.25, 0.3) is 0 Å². The van der Waals surface area contributed by atoms with Crippen molar-refractivity contribution in [2.24, 2.45) is 10.9 Å². The molecule has 2 unspecified atom stereocenters. The lowest BCUT2D eigenvalue weighted by Crippen LogP contribution is -2.53. The van der Waals surface area contributed by atoms with E-state index in [0.717, 1.165) is 50.4 Å². The van der Waals surface area contributed by atoms with Crippen LogP contribution in [0.5, 0.6) is 5.75 Å². The van der Waals surface area contributed by atoms with Crippen LogP contribution >= 0.6 is 24.0 Å². The molecule has 3 rings (SSSR count). The lowest BCUT2D eigenvalue weighted by molar-refractivity contribution is 0.365. The van der Waals surface area contributed by atoms with Gasteiger partial charge >= 0.3 is 0 Å². The van der Waals surface area contributed by atoms with Crippen molar-refractivity contribution in [1.82, 2.24) is 10.2 Å². The Balaban J connectivity index is 0.00000208. The SMILES string of the molecule is CCN=C(NC1CC1C)N1CCN(c2ccccc2OC)CC1.I. The van der Waals surface area contributed by atoms with Crippen molar-refractivity contribution >= 4 is 35.6 Å². The zero-order chi connectivity index (χ0) is 16.2. The maximum absolute atomic E-state index is 5.49. The number of methoxy groups -OCH3 is 1. The summed E-state index contributed by atoms with van der Waals surface area (Å²) in [5.41, 5.74) is 1.19. The van der Waals surface area contributed by atoms with Crippen LogP contribution in [0.2, 0.25) is 0 Å². The summed E-state index contributed by atoms with van der Waals surface area (Å²) < 4.78 is 5.49. The first kappa shape index (κ1) is 19.1. The predicted molar refractivity (Wildman–Crippen MR) is 111 cm³/mol. The number of benzene rings is 1. The van der Waals surface area contributed by atoms with E-state index in [-0.39, 0.29) is 24.0 Å². The number of halogens is 1. The van der Waals surface area contributed by atoms with Gasteiger partial charge in [-0.05, 0) is 31.4 Å². The molecule has 1 N–H and O–H groups in total. The largest absolute Gasteiger partial charge is 0.495 e. The van der Waals surface area contributed by atoms with Crippen LogP contribution in [0.15, 0.2) is 29.3 Å². The van der Waals surface area contributed by atoms with Crippen molar-refractivity contribution in [3.8, 4) is 5.75 Å². The van der Waals surface area contributed by atoms with Crippen molar-refractivity contribution < 1.29 is 4.74 Å². The molecule has 1 heterocycles. The van der Waals surface area contributed by atoms with Gasteiger partial charge < -0.3 is 19.9 Å². The normalized spacial score (nSPS) is 23.5. The monoisotopic (exact) mass is 444 g/mol. The van der Waals surface area contributed by atoms with E-state index in [2.05, 4.69) is 46.1 Å². The van der Waals surface area contributed by atoms with Crippen LogP contribution in [0.4, 0.5) is 5.69 Å². The van der Waals surface area contributed by atoms with E-state index in [1.54, 1.807) is 7.11 Å². The molecule has 0 bridgehead atoms. The van der Waals surface area contributed by atoms with Crippen LogP contribution in [0, 0.1) is 5.92 Å². The quantitative estimate of drug-likeness (QED) is 0.441. The second-order valence-corrected chi connectivity index (χ2v) is 6.41. The van der Waals surface area contributed by atoms with Gasteiger partial charge in [0, 0.05) is 38.8 Å². The number of nitrogens with zero attached hydrogens (tertiary/aromatic N) is 3. The van der Waals surface area contributed by atoms with Gasteiger partial charge in [-0.15, -0.1) is 24.0 Å². The fourth-order valence-corrected chi connectivity index (χ4v) is 3.13. The summed E-state index contributed by atoms with van der Waals surface area (Å²) in [4.78, 5) is 9.47. The lowest BCUT2D eigenvalue weighted by Gasteiger charge is -2.38. The Hall–Kier alpha value is -1.18. The molecule has 1 saturated carbocycles. The van der Waals surface area contributed by atoms with E-state index in [0.29, 0.717) is 6.04 Å². The number of guanidine groups is 1. The van der Waals surface area contributed by atoms with Gasteiger partial charge in [-0.3, -0.25) is 4.99 Å². The average Bonchev–Trinajstić information content (AvgIpc) is 3.29. The molecular formula is C18H29IN4O. The molecule has 24 heavy (non-hydrogen) atoms. The first-order valence-electron chi connectivity index (χ1n) is 8.66. The van der Waals surface area contributed by atoms with Crippen molar-refractivity contribution in [3.05, 3.63) is 24.3 Å². The third kappa shape index (κ3) is 4.46. The second kappa shape index (κ2) is 8.78. The van der Waals surface area contributed by atoms with Crippen LogP contribution in [-0.2, 0) is 0 Å².